The fourth-order valence-electron chi connectivity index (χ4n) is 3.54. The summed E-state index contributed by atoms with van der Waals surface area (Å²) < 4.78 is 5.00. The van der Waals surface area contributed by atoms with Gasteiger partial charge in [0.05, 0.1) is 18.3 Å². The third-order valence-electron chi connectivity index (χ3n) is 4.80. The van der Waals surface area contributed by atoms with Gasteiger partial charge in [0.25, 0.3) is 0 Å². The number of nitrogens with zero attached hydrogens (tertiary/aromatic N) is 2. The number of aryl methyl sites for hydroxylation is 1. The Kier molecular flexibility index (Phi) is 6.04. The van der Waals surface area contributed by atoms with Gasteiger partial charge in [-0.3, -0.25) is 19.8 Å². The highest BCUT2D eigenvalue weighted by molar-refractivity contribution is 5.91. The first-order chi connectivity index (χ1) is 12.1. The molecule has 3 heterocycles. The minimum atomic E-state index is -0.101. The number of aromatic nitrogens is 1. The standard InChI is InChI=1S/C17H27N5O3/c1-12-8-16(25-21-12)20-15(23)11-22-7-3-4-13(10-22)9-19-17(24)14-5-2-6-18-14/h8,13-14,18H,2-7,9-11H2,1H3,(H,19,24)(H,20,23). The molecule has 0 radical (unpaired) electrons. The summed E-state index contributed by atoms with van der Waals surface area (Å²) in [6.45, 7) is 5.46. The van der Waals surface area contributed by atoms with Gasteiger partial charge >= 0.3 is 0 Å². The van der Waals surface area contributed by atoms with Gasteiger partial charge in [-0.15, -0.1) is 0 Å². The quantitative estimate of drug-likeness (QED) is 0.692. The van der Waals surface area contributed by atoms with E-state index < -0.39 is 0 Å². The lowest BCUT2D eigenvalue weighted by molar-refractivity contribution is -0.123. The lowest BCUT2D eigenvalue weighted by Gasteiger charge is -2.32. The van der Waals surface area contributed by atoms with Crippen molar-refractivity contribution < 1.29 is 14.1 Å². The van der Waals surface area contributed by atoms with Crippen LogP contribution >= 0.6 is 0 Å². The normalized spacial score (nSPS) is 24.2. The van der Waals surface area contributed by atoms with Gasteiger partial charge in [0.1, 0.15) is 0 Å². The molecule has 3 N–H and O–H groups in total. The van der Waals surface area contributed by atoms with E-state index in [0.717, 1.165) is 51.0 Å². The van der Waals surface area contributed by atoms with Crippen LogP contribution in [0, 0.1) is 12.8 Å². The van der Waals surface area contributed by atoms with Gasteiger partial charge in [-0.25, -0.2) is 0 Å². The van der Waals surface area contributed by atoms with Crippen LogP contribution in [0.5, 0.6) is 0 Å². The molecule has 2 aliphatic rings. The topological polar surface area (TPSA) is 99.5 Å². The first kappa shape index (κ1) is 17.9. The molecule has 2 saturated heterocycles. The molecule has 2 fully saturated rings. The summed E-state index contributed by atoms with van der Waals surface area (Å²) in [7, 11) is 0. The van der Waals surface area contributed by atoms with E-state index >= 15 is 0 Å². The first-order valence-corrected chi connectivity index (χ1v) is 9.07. The Balaban J connectivity index is 1.39. The maximum atomic E-state index is 12.1. The Bertz CT molecular complexity index is 597. The highest BCUT2D eigenvalue weighted by atomic mass is 16.5. The van der Waals surface area contributed by atoms with Crippen LogP contribution in [0.2, 0.25) is 0 Å². The SMILES string of the molecule is Cc1cc(NC(=O)CN2CCCC(CNC(=O)C3CCCN3)C2)on1. The van der Waals surface area contributed by atoms with E-state index in [0.29, 0.717) is 24.9 Å². The van der Waals surface area contributed by atoms with Crippen molar-refractivity contribution in [2.45, 2.75) is 38.6 Å². The van der Waals surface area contributed by atoms with Crippen LogP contribution in [0.3, 0.4) is 0 Å². The summed E-state index contributed by atoms with van der Waals surface area (Å²) in [4.78, 5) is 26.3. The number of carbonyl (C=O) groups is 2. The van der Waals surface area contributed by atoms with Crippen LogP contribution in [-0.4, -0.2) is 60.6 Å². The van der Waals surface area contributed by atoms with Crippen LogP contribution in [0.4, 0.5) is 5.88 Å². The summed E-state index contributed by atoms with van der Waals surface area (Å²) in [6.07, 6.45) is 4.10. The molecule has 0 aliphatic carbocycles. The maximum absolute atomic E-state index is 12.1. The fourth-order valence-corrected chi connectivity index (χ4v) is 3.54. The molecule has 1 aromatic rings. The second kappa shape index (κ2) is 8.44. The molecule has 25 heavy (non-hydrogen) atoms. The van der Waals surface area contributed by atoms with E-state index in [1.807, 2.05) is 6.92 Å². The van der Waals surface area contributed by atoms with Gasteiger partial charge in [0.2, 0.25) is 17.7 Å². The Morgan fingerprint density at radius 1 is 1.40 bits per heavy atom. The Morgan fingerprint density at radius 2 is 2.28 bits per heavy atom. The van der Waals surface area contributed by atoms with E-state index in [1.165, 1.54) is 0 Å². The maximum Gasteiger partial charge on any atom is 0.240 e. The van der Waals surface area contributed by atoms with Gasteiger partial charge in [0.15, 0.2) is 0 Å². The summed E-state index contributed by atoms with van der Waals surface area (Å²) in [5.74, 6) is 0.774. The molecule has 8 nitrogen and oxygen atoms in total. The first-order valence-electron chi connectivity index (χ1n) is 9.07. The van der Waals surface area contributed by atoms with Gasteiger partial charge in [-0.1, -0.05) is 5.16 Å². The molecule has 2 aliphatic heterocycles. The number of amides is 2. The zero-order valence-corrected chi connectivity index (χ0v) is 14.7. The molecule has 8 heteroatoms. The second-order valence-electron chi connectivity index (χ2n) is 7.02. The molecule has 2 unspecified atom stereocenters. The van der Waals surface area contributed by atoms with Crippen molar-refractivity contribution in [3.63, 3.8) is 0 Å². The zero-order valence-electron chi connectivity index (χ0n) is 14.7. The number of carbonyl (C=O) groups excluding carboxylic acids is 2. The van der Waals surface area contributed by atoms with Crippen molar-refractivity contribution in [1.82, 2.24) is 20.7 Å². The number of hydrogen-bond acceptors (Lipinski definition) is 6. The van der Waals surface area contributed by atoms with Crippen molar-refractivity contribution in [2.24, 2.45) is 5.92 Å². The van der Waals surface area contributed by atoms with E-state index in [1.54, 1.807) is 6.07 Å². The zero-order chi connectivity index (χ0) is 17.6. The molecule has 0 bridgehead atoms. The van der Waals surface area contributed by atoms with Gasteiger partial charge in [-0.05, 0) is 51.6 Å². The van der Waals surface area contributed by atoms with E-state index in [2.05, 4.69) is 26.0 Å². The monoisotopic (exact) mass is 349 g/mol. The lowest BCUT2D eigenvalue weighted by atomic mass is 9.98. The minimum Gasteiger partial charge on any atom is -0.354 e. The summed E-state index contributed by atoms with van der Waals surface area (Å²) in [5.41, 5.74) is 0.737. The average Bonchev–Trinajstić information content (AvgIpc) is 3.25. The van der Waals surface area contributed by atoms with Crippen LogP contribution in [0.1, 0.15) is 31.4 Å². The average molecular weight is 349 g/mol. The molecule has 0 saturated carbocycles. The molecule has 138 valence electrons. The Labute approximate surface area is 147 Å². The van der Waals surface area contributed by atoms with E-state index in [4.69, 9.17) is 4.52 Å². The predicted octanol–water partition coefficient (Wildman–Crippen LogP) is 0.502. The van der Waals surface area contributed by atoms with Gasteiger partial charge in [0, 0.05) is 19.2 Å². The second-order valence-corrected chi connectivity index (χ2v) is 7.02. The van der Waals surface area contributed by atoms with Crippen LogP contribution < -0.4 is 16.0 Å². The highest BCUT2D eigenvalue weighted by Gasteiger charge is 2.25. The number of anilines is 1. The number of hydrogen-bond donors (Lipinski definition) is 3. The molecule has 2 amide bonds. The lowest BCUT2D eigenvalue weighted by Crippen LogP contribution is -2.46. The highest BCUT2D eigenvalue weighted by Crippen LogP contribution is 2.16. The fraction of sp³-hybridized carbons (Fsp3) is 0.706. The Morgan fingerprint density at radius 3 is 3.00 bits per heavy atom. The molecule has 1 aromatic heterocycles. The van der Waals surface area contributed by atoms with Gasteiger partial charge in [-0.2, -0.15) is 0 Å². The van der Waals surface area contributed by atoms with Crippen molar-refractivity contribution in [3.8, 4) is 0 Å². The van der Waals surface area contributed by atoms with Crippen molar-refractivity contribution >= 4 is 17.7 Å². The Hall–Kier alpha value is -1.93. The molecule has 0 aromatic carbocycles. The predicted molar refractivity (Wildman–Crippen MR) is 93.1 cm³/mol. The van der Waals surface area contributed by atoms with Gasteiger partial charge < -0.3 is 15.2 Å². The largest absolute Gasteiger partial charge is 0.354 e. The van der Waals surface area contributed by atoms with Crippen molar-refractivity contribution in [2.75, 3.05) is 38.0 Å². The third kappa shape index (κ3) is 5.27. The summed E-state index contributed by atoms with van der Waals surface area (Å²) in [5, 5.41) is 12.8. The van der Waals surface area contributed by atoms with Crippen LogP contribution in [0.25, 0.3) is 0 Å². The number of likely N-dealkylation sites (tertiary alicyclic amines) is 1. The molecular weight excluding hydrogens is 322 g/mol. The van der Waals surface area contributed by atoms with E-state index in [9.17, 15) is 9.59 Å². The van der Waals surface area contributed by atoms with Crippen molar-refractivity contribution in [3.05, 3.63) is 11.8 Å². The van der Waals surface area contributed by atoms with Crippen LogP contribution in [-0.2, 0) is 9.59 Å². The summed E-state index contributed by atoms with van der Waals surface area (Å²) >= 11 is 0. The third-order valence-corrected chi connectivity index (χ3v) is 4.80. The van der Waals surface area contributed by atoms with Crippen molar-refractivity contribution in [1.29, 1.82) is 0 Å². The smallest absolute Gasteiger partial charge is 0.240 e. The number of piperidine rings is 1. The molecule has 0 spiro atoms. The van der Waals surface area contributed by atoms with E-state index in [-0.39, 0.29) is 17.9 Å². The number of rotatable bonds is 6. The minimum absolute atomic E-state index is 0.0316. The number of nitrogens with one attached hydrogen (secondary N) is 3. The molecule has 2 atom stereocenters. The van der Waals surface area contributed by atoms with Crippen LogP contribution in [0.15, 0.2) is 10.6 Å². The summed E-state index contributed by atoms with van der Waals surface area (Å²) in [6, 6.07) is 1.67. The molecule has 3 rings (SSSR count). The molecular formula is C17H27N5O3.